The zero-order valence-electron chi connectivity index (χ0n) is 16.5. The fourth-order valence-electron chi connectivity index (χ4n) is 3.26. The Morgan fingerprint density at radius 3 is 2.58 bits per heavy atom. The summed E-state index contributed by atoms with van der Waals surface area (Å²) in [7, 11) is 0. The summed E-state index contributed by atoms with van der Waals surface area (Å²) in [5, 5.41) is 10.5. The first-order valence-corrected chi connectivity index (χ1v) is 10.4. The highest BCUT2D eigenvalue weighted by Gasteiger charge is 2.13. The number of phenolic OH excluding ortho intramolecular Hbond substituents is 1. The first-order valence-electron chi connectivity index (χ1n) is 9.65. The van der Waals surface area contributed by atoms with Gasteiger partial charge in [-0.1, -0.05) is 34.1 Å². The number of fused-ring (bicyclic) bond motifs is 1. The molecule has 0 aliphatic heterocycles. The normalized spacial score (nSPS) is 11.5. The maximum atomic E-state index is 10.5. The van der Waals surface area contributed by atoms with Crippen LogP contribution in [0.4, 0.5) is 5.69 Å². The number of aliphatic imine (C=N–C) groups is 1. The van der Waals surface area contributed by atoms with E-state index in [1.165, 1.54) is 0 Å². The molecule has 0 unspecified atom stereocenters. The van der Waals surface area contributed by atoms with Crippen LogP contribution in [0.1, 0.15) is 11.3 Å². The molecule has 0 aliphatic rings. The van der Waals surface area contributed by atoms with E-state index in [2.05, 4.69) is 25.9 Å². The highest BCUT2D eigenvalue weighted by atomic mass is 79.9. The molecule has 0 spiro atoms. The molecule has 0 amide bonds. The number of hydrogen-bond donors (Lipinski definition) is 1. The van der Waals surface area contributed by atoms with Gasteiger partial charge in [-0.15, -0.1) is 0 Å². The monoisotopic (exact) mass is 472 g/mol. The van der Waals surface area contributed by atoms with Gasteiger partial charge in [0.25, 0.3) is 0 Å². The number of nitrogens with zero attached hydrogens (tertiary/aromatic N) is 2. The number of aromatic nitrogens is 1. The molecule has 2 heterocycles. The number of hydrogen-bond acceptors (Lipinski definition) is 5. The molecule has 0 saturated carbocycles. The van der Waals surface area contributed by atoms with Crippen LogP contribution in [0.25, 0.3) is 33.9 Å². The Labute approximate surface area is 186 Å². The van der Waals surface area contributed by atoms with Gasteiger partial charge in [0.1, 0.15) is 22.8 Å². The second kappa shape index (κ2) is 7.89. The molecule has 0 bridgehead atoms. The first-order chi connectivity index (χ1) is 15.0. The molecule has 0 saturated heterocycles. The summed E-state index contributed by atoms with van der Waals surface area (Å²) < 4.78 is 12.6. The van der Waals surface area contributed by atoms with E-state index in [0.717, 1.165) is 26.9 Å². The maximum Gasteiger partial charge on any atom is 0.231 e. The molecule has 0 fully saturated rings. The highest BCUT2D eigenvalue weighted by molar-refractivity contribution is 9.10. The van der Waals surface area contributed by atoms with Gasteiger partial charge >= 0.3 is 0 Å². The van der Waals surface area contributed by atoms with E-state index in [1.807, 2.05) is 61.5 Å². The van der Waals surface area contributed by atoms with Crippen LogP contribution in [0.2, 0.25) is 0 Å². The summed E-state index contributed by atoms with van der Waals surface area (Å²) in [6.45, 7) is 2.00. The van der Waals surface area contributed by atoms with Crippen molar-refractivity contribution in [1.29, 1.82) is 0 Å². The van der Waals surface area contributed by atoms with Crippen LogP contribution >= 0.6 is 15.9 Å². The Bertz CT molecular complexity index is 1410. The SMILES string of the molecule is Cc1ccc2oc(-c3ccc(N=Cc4ccc(-c5ccc(Br)cc5)o4)cc3O)nc2c1. The molecule has 0 atom stereocenters. The molecule has 1 N–H and O–H groups in total. The third kappa shape index (κ3) is 4.02. The number of benzene rings is 3. The Morgan fingerprint density at radius 2 is 1.77 bits per heavy atom. The highest BCUT2D eigenvalue weighted by Crippen LogP contribution is 2.34. The molecule has 6 heteroatoms. The van der Waals surface area contributed by atoms with E-state index in [4.69, 9.17) is 8.83 Å². The lowest BCUT2D eigenvalue weighted by atomic mass is 10.2. The van der Waals surface area contributed by atoms with Crippen molar-refractivity contribution in [3.05, 3.63) is 88.6 Å². The van der Waals surface area contributed by atoms with Crippen molar-refractivity contribution in [2.75, 3.05) is 0 Å². The van der Waals surface area contributed by atoms with Crippen molar-refractivity contribution >= 4 is 38.9 Å². The molecule has 5 aromatic rings. The van der Waals surface area contributed by atoms with E-state index in [-0.39, 0.29) is 5.75 Å². The molecule has 31 heavy (non-hydrogen) atoms. The molecule has 5 nitrogen and oxygen atoms in total. The number of rotatable bonds is 4. The Morgan fingerprint density at radius 1 is 0.935 bits per heavy atom. The fourth-order valence-corrected chi connectivity index (χ4v) is 3.53. The predicted molar refractivity (Wildman–Crippen MR) is 125 cm³/mol. The molecule has 3 aromatic carbocycles. The van der Waals surface area contributed by atoms with E-state index in [1.54, 1.807) is 24.4 Å². The Kier molecular flexibility index (Phi) is 4.92. The number of halogens is 1. The van der Waals surface area contributed by atoms with Crippen LogP contribution in [-0.2, 0) is 0 Å². The molecule has 0 aliphatic carbocycles. The van der Waals surface area contributed by atoms with Crippen LogP contribution in [0.15, 0.2) is 91.1 Å². The summed E-state index contributed by atoms with van der Waals surface area (Å²) in [6, 6.07) is 22.6. The maximum absolute atomic E-state index is 10.5. The third-order valence-electron chi connectivity index (χ3n) is 4.85. The van der Waals surface area contributed by atoms with Crippen LogP contribution in [0.3, 0.4) is 0 Å². The van der Waals surface area contributed by atoms with E-state index in [0.29, 0.717) is 28.5 Å². The van der Waals surface area contributed by atoms with E-state index in [9.17, 15) is 5.11 Å². The van der Waals surface area contributed by atoms with Gasteiger partial charge in [0.2, 0.25) is 5.89 Å². The molecule has 0 radical (unpaired) electrons. The van der Waals surface area contributed by atoms with Crippen molar-refractivity contribution in [2.45, 2.75) is 6.92 Å². The number of furan rings is 1. The van der Waals surface area contributed by atoms with Gasteiger partial charge in [-0.25, -0.2) is 4.98 Å². The second-order valence-electron chi connectivity index (χ2n) is 7.16. The Hall–Kier alpha value is -3.64. The lowest BCUT2D eigenvalue weighted by Gasteiger charge is -2.01. The van der Waals surface area contributed by atoms with Gasteiger partial charge in [-0.3, -0.25) is 4.99 Å². The summed E-state index contributed by atoms with van der Waals surface area (Å²) in [5.74, 6) is 1.81. The summed E-state index contributed by atoms with van der Waals surface area (Å²) >= 11 is 3.43. The zero-order chi connectivity index (χ0) is 21.4. The van der Waals surface area contributed by atoms with Crippen LogP contribution in [0.5, 0.6) is 5.75 Å². The predicted octanol–water partition coefficient (Wildman–Crippen LogP) is 7.28. The van der Waals surface area contributed by atoms with E-state index < -0.39 is 0 Å². The largest absolute Gasteiger partial charge is 0.507 e. The molecule has 152 valence electrons. The minimum Gasteiger partial charge on any atom is -0.507 e. The van der Waals surface area contributed by atoms with Gasteiger partial charge in [0.05, 0.1) is 17.5 Å². The topological polar surface area (TPSA) is 71.8 Å². The van der Waals surface area contributed by atoms with Crippen LogP contribution in [-0.4, -0.2) is 16.3 Å². The van der Waals surface area contributed by atoms with Crippen LogP contribution < -0.4 is 0 Å². The molecule has 2 aromatic heterocycles. The minimum atomic E-state index is 0.0490. The second-order valence-corrected chi connectivity index (χ2v) is 8.07. The van der Waals surface area contributed by atoms with Crippen molar-refractivity contribution in [3.8, 4) is 28.5 Å². The number of phenols is 1. The summed E-state index contributed by atoms with van der Waals surface area (Å²) in [6.07, 6.45) is 1.62. The van der Waals surface area contributed by atoms with Crippen molar-refractivity contribution in [3.63, 3.8) is 0 Å². The van der Waals surface area contributed by atoms with Gasteiger partial charge < -0.3 is 13.9 Å². The smallest absolute Gasteiger partial charge is 0.231 e. The number of oxazole rings is 1. The summed E-state index contributed by atoms with van der Waals surface area (Å²) in [5.41, 5.74) is 4.64. The quantitative estimate of drug-likeness (QED) is 0.279. The zero-order valence-corrected chi connectivity index (χ0v) is 18.1. The van der Waals surface area contributed by atoms with Crippen molar-refractivity contribution in [2.24, 2.45) is 4.99 Å². The lowest BCUT2D eigenvalue weighted by Crippen LogP contribution is -1.80. The van der Waals surface area contributed by atoms with Gasteiger partial charge in [0, 0.05) is 16.1 Å². The fraction of sp³-hybridized carbons (Fsp3) is 0.0400. The Balaban J connectivity index is 1.37. The number of aromatic hydroxyl groups is 1. The molecular formula is C25H17BrN2O3. The van der Waals surface area contributed by atoms with Gasteiger partial charge in [-0.2, -0.15) is 0 Å². The van der Waals surface area contributed by atoms with Gasteiger partial charge in [0.15, 0.2) is 5.58 Å². The lowest BCUT2D eigenvalue weighted by molar-refractivity contribution is 0.474. The van der Waals surface area contributed by atoms with Crippen LogP contribution in [0, 0.1) is 6.92 Å². The molecule has 5 rings (SSSR count). The summed E-state index contributed by atoms with van der Waals surface area (Å²) in [4.78, 5) is 8.89. The molecular weight excluding hydrogens is 456 g/mol. The average molecular weight is 473 g/mol. The minimum absolute atomic E-state index is 0.0490. The first kappa shape index (κ1) is 19.3. The standard InChI is InChI=1S/C25H17BrN2O3/c1-15-2-10-24-21(12-15)28-25(31-24)20-9-7-18(13-22(20)29)27-14-19-8-11-23(30-19)16-3-5-17(26)6-4-16/h2-14,29H,1H3. The van der Waals surface area contributed by atoms with Gasteiger partial charge in [-0.05, 0) is 61.0 Å². The average Bonchev–Trinajstić information content (AvgIpc) is 3.39. The van der Waals surface area contributed by atoms with Crippen molar-refractivity contribution in [1.82, 2.24) is 4.98 Å². The number of aryl methyl sites for hydroxylation is 1. The van der Waals surface area contributed by atoms with Crippen molar-refractivity contribution < 1.29 is 13.9 Å². The third-order valence-corrected chi connectivity index (χ3v) is 5.38. The van der Waals surface area contributed by atoms with E-state index >= 15 is 0 Å².